The van der Waals surface area contributed by atoms with E-state index in [-0.39, 0.29) is 11.3 Å². The second-order valence-electron chi connectivity index (χ2n) is 3.58. The molecule has 1 aromatic heterocycles. The number of rotatable bonds is 3. The molecule has 0 aliphatic rings. The molecular weight excluding hydrogens is 234 g/mol. The van der Waals surface area contributed by atoms with Gasteiger partial charge in [-0.1, -0.05) is 0 Å². The molecule has 0 bridgehead atoms. The minimum absolute atomic E-state index is 0.0106. The molecule has 1 aromatic carbocycles. The third kappa shape index (κ3) is 2.34. The minimum atomic E-state index is -0.718. The molecule has 1 amide bonds. The highest BCUT2D eigenvalue weighted by Crippen LogP contribution is 2.24. The quantitative estimate of drug-likeness (QED) is 0.802. The first-order chi connectivity index (χ1) is 8.58. The zero-order valence-electron chi connectivity index (χ0n) is 9.61. The summed E-state index contributed by atoms with van der Waals surface area (Å²) in [6.45, 7) is 0. The normalized spacial score (nSPS) is 10.9. The summed E-state index contributed by atoms with van der Waals surface area (Å²) < 4.78 is 1.55. The standard InChI is InChI=1S/C11H11N5O2/c1-16-10(4-5-13-16)15-14-7-2-3-9(17)8(6-7)11(12)18/h2-6,17H,1H3,(H2,12,18). The van der Waals surface area contributed by atoms with Crippen molar-refractivity contribution in [2.24, 2.45) is 23.0 Å². The molecule has 0 saturated carbocycles. The van der Waals surface area contributed by atoms with E-state index in [9.17, 15) is 9.90 Å². The number of carbonyl (C=O) groups excluding carboxylic acids is 1. The second-order valence-corrected chi connectivity index (χ2v) is 3.58. The number of amides is 1. The Morgan fingerprint density at radius 3 is 2.78 bits per heavy atom. The molecule has 7 nitrogen and oxygen atoms in total. The molecule has 0 unspecified atom stereocenters. The molecule has 0 radical (unpaired) electrons. The Morgan fingerprint density at radius 2 is 2.17 bits per heavy atom. The van der Waals surface area contributed by atoms with Crippen LogP contribution in [0.5, 0.6) is 5.75 Å². The van der Waals surface area contributed by atoms with Crippen molar-refractivity contribution in [1.82, 2.24) is 9.78 Å². The predicted molar refractivity (Wildman–Crippen MR) is 64.0 cm³/mol. The van der Waals surface area contributed by atoms with Crippen LogP contribution >= 0.6 is 0 Å². The molecule has 0 aliphatic heterocycles. The summed E-state index contributed by atoms with van der Waals surface area (Å²) in [5, 5.41) is 21.2. The molecule has 0 aliphatic carbocycles. The number of benzene rings is 1. The van der Waals surface area contributed by atoms with Crippen molar-refractivity contribution in [3.05, 3.63) is 36.0 Å². The Labute approximate surface area is 103 Å². The van der Waals surface area contributed by atoms with Crippen molar-refractivity contribution in [1.29, 1.82) is 0 Å². The summed E-state index contributed by atoms with van der Waals surface area (Å²) >= 11 is 0. The van der Waals surface area contributed by atoms with Gasteiger partial charge in [-0.05, 0) is 18.2 Å². The van der Waals surface area contributed by atoms with Crippen LogP contribution in [0.25, 0.3) is 0 Å². The fourth-order valence-corrected chi connectivity index (χ4v) is 1.36. The molecule has 3 N–H and O–H groups in total. The predicted octanol–water partition coefficient (Wildman–Crippen LogP) is 1.64. The van der Waals surface area contributed by atoms with Crippen LogP contribution in [0.4, 0.5) is 11.5 Å². The van der Waals surface area contributed by atoms with Crippen molar-refractivity contribution >= 4 is 17.4 Å². The van der Waals surface area contributed by atoms with Gasteiger partial charge < -0.3 is 10.8 Å². The summed E-state index contributed by atoms with van der Waals surface area (Å²) in [4.78, 5) is 11.0. The lowest BCUT2D eigenvalue weighted by atomic mass is 10.2. The Hall–Kier alpha value is -2.70. The SMILES string of the molecule is Cn1nccc1N=Nc1ccc(O)c(C(N)=O)c1. The van der Waals surface area contributed by atoms with Gasteiger partial charge >= 0.3 is 0 Å². The van der Waals surface area contributed by atoms with Crippen molar-refractivity contribution in [2.75, 3.05) is 0 Å². The van der Waals surface area contributed by atoms with E-state index in [0.29, 0.717) is 11.5 Å². The first kappa shape index (κ1) is 11.8. The lowest BCUT2D eigenvalue weighted by Gasteiger charge is -2.00. The van der Waals surface area contributed by atoms with Gasteiger partial charge in [0.1, 0.15) is 5.75 Å². The zero-order chi connectivity index (χ0) is 13.1. The number of hydrogen-bond acceptors (Lipinski definition) is 5. The number of nitrogens with two attached hydrogens (primary N) is 1. The lowest BCUT2D eigenvalue weighted by molar-refractivity contribution is 0.0998. The number of carbonyl (C=O) groups is 1. The summed E-state index contributed by atoms with van der Waals surface area (Å²) in [5.74, 6) is -0.323. The van der Waals surface area contributed by atoms with Gasteiger partial charge in [-0.2, -0.15) is 5.10 Å². The molecule has 1 heterocycles. The number of aromatic hydroxyl groups is 1. The van der Waals surface area contributed by atoms with Gasteiger partial charge in [0.05, 0.1) is 17.4 Å². The highest BCUT2D eigenvalue weighted by atomic mass is 16.3. The first-order valence-corrected chi connectivity index (χ1v) is 5.10. The Bertz CT molecular complexity index is 618. The van der Waals surface area contributed by atoms with Crippen LogP contribution in [-0.2, 0) is 7.05 Å². The van der Waals surface area contributed by atoms with E-state index in [1.165, 1.54) is 18.2 Å². The molecule has 2 aromatic rings. The molecule has 92 valence electrons. The monoisotopic (exact) mass is 245 g/mol. The van der Waals surface area contributed by atoms with Crippen molar-refractivity contribution in [3.8, 4) is 5.75 Å². The molecule has 18 heavy (non-hydrogen) atoms. The van der Waals surface area contributed by atoms with E-state index in [1.54, 1.807) is 24.0 Å². The van der Waals surface area contributed by atoms with Gasteiger partial charge in [0.2, 0.25) is 0 Å². The number of aromatic nitrogens is 2. The van der Waals surface area contributed by atoms with Gasteiger partial charge in [-0.25, -0.2) is 4.68 Å². The van der Waals surface area contributed by atoms with Crippen LogP contribution < -0.4 is 5.73 Å². The number of azo groups is 1. The van der Waals surface area contributed by atoms with Crippen molar-refractivity contribution in [2.45, 2.75) is 0 Å². The highest BCUT2D eigenvalue weighted by Gasteiger charge is 2.07. The first-order valence-electron chi connectivity index (χ1n) is 5.10. The number of nitrogens with zero attached hydrogens (tertiary/aromatic N) is 4. The smallest absolute Gasteiger partial charge is 0.252 e. The van der Waals surface area contributed by atoms with Gasteiger partial charge in [-0.15, -0.1) is 10.2 Å². The Morgan fingerprint density at radius 1 is 1.39 bits per heavy atom. The van der Waals surface area contributed by atoms with E-state index in [4.69, 9.17) is 5.73 Å². The van der Waals surface area contributed by atoms with E-state index in [1.807, 2.05) is 0 Å². The maximum atomic E-state index is 11.0. The van der Waals surface area contributed by atoms with Crippen LogP contribution in [-0.4, -0.2) is 20.8 Å². The van der Waals surface area contributed by atoms with Crippen LogP contribution in [0.15, 0.2) is 40.7 Å². The molecule has 0 saturated heterocycles. The number of phenols is 1. The van der Waals surface area contributed by atoms with Gasteiger partial charge in [0.25, 0.3) is 5.91 Å². The van der Waals surface area contributed by atoms with Crippen LogP contribution in [0.3, 0.4) is 0 Å². The maximum absolute atomic E-state index is 11.0. The summed E-state index contributed by atoms with van der Waals surface area (Å²) in [6.07, 6.45) is 1.60. The fraction of sp³-hybridized carbons (Fsp3) is 0.0909. The van der Waals surface area contributed by atoms with Crippen molar-refractivity contribution in [3.63, 3.8) is 0 Å². The topological polar surface area (TPSA) is 106 Å². The van der Waals surface area contributed by atoms with Gasteiger partial charge in [0, 0.05) is 13.1 Å². The Balaban J connectivity index is 2.30. The van der Waals surface area contributed by atoms with Crippen LogP contribution in [0.1, 0.15) is 10.4 Å². The van der Waals surface area contributed by atoms with Crippen LogP contribution in [0.2, 0.25) is 0 Å². The molecule has 0 atom stereocenters. The van der Waals surface area contributed by atoms with E-state index in [0.717, 1.165) is 0 Å². The minimum Gasteiger partial charge on any atom is -0.507 e. The zero-order valence-corrected chi connectivity index (χ0v) is 9.61. The number of primary amides is 1. The average Bonchev–Trinajstić information content (AvgIpc) is 2.73. The fourth-order valence-electron chi connectivity index (χ4n) is 1.36. The third-order valence-corrected chi connectivity index (χ3v) is 2.31. The third-order valence-electron chi connectivity index (χ3n) is 2.31. The molecule has 0 fully saturated rings. The van der Waals surface area contributed by atoms with Crippen LogP contribution in [0, 0.1) is 0 Å². The molecular formula is C11H11N5O2. The summed E-state index contributed by atoms with van der Waals surface area (Å²) in [6, 6.07) is 5.94. The van der Waals surface area contributed by atoms with E-state index in [2.05, 4.69) is 15.3 Å². The molecule has 7 heteroatoms. The Kier molecular flexibility index (Phi) is 3.05. The number of aryl methyl sites for hydroxylation is 1. The average molecular weight is 245 g/mol. The second kappa shape index (κ2) is 4.66. The molecule has 2 rings (SSSR count). The summed E-state index contributed by atoms with van der Waals surface area (Å²) in [7, 11) is 1.74. The largest absolute Gasteiger partial charge is 0.507 e. The molecule has 0 spiro atoms. The van der Waals surface area contributed by atoms with E-state index < -0.39 is 5.91 Å². The highest BCUT2D eigenvalue weighted by molar-refractivity contribution is 5.96. The maximum Gasteiger partial charge on any atom is 0.252 e. The number of hydrogen-bond donors (Lipinski definition) is 2. The summed E-state index contributed by atoms with van der Waals surface area (Å²) in [5.41, 5.74) is 5.54. The lowest BCUT2D eigenvalue weighted by Crippen LogP contribution is -2.10. The van der Waals surface area contributed by atoms with E-state index >= 15 is 0 Å². The van der Waals surface area contributed by atoms with Crippen molar-refractivity contribution < 1.29 is 9.90 Å². The van der Waals surface area contributed by atoms with Gasteiger partial charge in [-0.3, -0.25) is 4.79 Å². The van der Waals surface area contributed by atoms with Gasteiger partial charge in [0.15, 0.2) is 5.82 Å².